The normalized spacial score (nSPS) is 23.7. The van der Waals surface area contributed by atoms with Crippen LogP contribution in [0.15, 0.2) is 18.2 Å². The Bertz CT molecular complexity index is 459. The van der Waals surface area contributed by atoms with Crippen LogP contribution in [0.3, 0.4) is 0 Å². The maximum atomic E-state index is 10.7. The van der Waals surface area contributed by atoms with Crippen molar-refractivity contribution >= 4 is 34.0 Å². The number of hydrogen-bond acceptors (Lipinski definition) is 4. The maximum absolute atomic E-state index is 10.7. The fourth-order valence-electron chi connectivity index (χ4n) is 2.11. The van der Waals surface area contributed by atoms with Gasteiger partial charge in [0.2, 0.25) is 0 Å². The van der Waals surface area contributed by atoms with Gasteiger partial charge in [0.1, 0.15) is 0 Å². The van der Waals surface area contributed by atoms with E-state index >= 15 is 0 Å². The topological polar surface area (TPSA) is 64.4 Å². The van der Waals surface area contributed by atoms with Gasteiger partial charge in [-0.05, 0) is 54.5 Å². The molecule has 0 amide bonds. The van der Waals surface area contributed by atoms with Gasteiger partial charge in [-0.1, -0.05) is 0 Å². The van der Waals surface area contributed by atoms with Crippen LogP contribution in [-0.4, -0.2) is 23.7 Å². The van der Waals surface area contributed by atoms with Crippen LogP contribution in [0.25, 0.3) is 0 Å². The lowest BCUT2D eigenvalue weighted by Crippen LogP contribution is -2.43. The zero-order chi connectivity index (χ0) is 13.2. The SMILES string of the molecule is CC1(Nc2ccc([N+](=O)[O-])c(I)c2)CCCOC1. The summed E-state index contributed by atoms with van der Waals surface area (Å²) < 4.78 is 6.12. The van der Waals surface area contributed by atoms with Crippen LogP contribution in [0.5, 0.6) is 0 Å². The molecule has 1 fully saturated rings. The quantitative estimate of drug-likeness (QED) is 0.510. The van der Waals surface area contributed by atoms with Gasteiger partial charge < -0.3 is 10.1 Å². The number of anilines is 1. The summed E-state index contributed by atoms with van der Waals surface area (Å²) in [5.41, 5.74) is 0.960. The van der Waals surface area contributed by atoms with E-state index in [9.17, 15) is 10.1 Å². The van der Waals surface area contributed by atoms with Gasteiger partial charge in [0, 0.05) is 18.4 Å². The van der Waals surface area contributed by atoms with Crippen LogP contribution >= 0.6 is 22.6 Å². The monoisotopic (exact) mass is 362 g/mol. The molecule has 1 heterocycles. The highest BCUT2D eigenvalue weighted by Gasteiger charge is 2.27. The molecule has 1 aromatic rings. The highest BCUT2D eigenvalue weighted by atomic mass is 127. The molecule has 6 heteroatoms. The molecule has 0 radical (unpaired) electrons. The third kappa shape index (κ3) is 3.11. The van der Waals surface area contributed by atoms with Crippen LogP contribution in [0.1, 0.15) is 19.8 Å². The summed E-state index contributed by atoms with van der Waals surface area (Å²) in [6.45, 7) is 3.59. The smallest absolute Gasteiger partial charge is 0.282 e. The van der Waals surface area contributed by atoms with Crippen molar-refractivity contribution in [1.29, 1.82) is 0 Å². The van der Waals surface area contributed by atoms with Gasteiger partial charge in [0.05, 0.1) is 20.6 Å². The summed E-state index contributed by atoms with van der Waals surface area (Å²) in [5, 5.41) is 14.2. The number of nitrogens with one attached hydrogen (secondary N) is 1. The van der Waals surface area contributed by atoms with Crippen molar-refractivity contribution < 1.29 is 9.66 Å². The molecule has 98 valence electrons. The molecule has 2 rings (SSSR count). The van der Waals surface area contributed by atoms with Gasteiger partial charge in [-0.3, -0.25) is 10.1 Å². The Morgan fingerprint density at radius 1 is 1.56 bits per heavy atom. The molecule has 0 aliphatic carbocycles. The lowest BCUT2D eigenvalue weighted by Gasteiger charge is -2.35. The van der Waals surface area contributed by atoms with Crippen LogP contribution in [-0.2, 0) is 4.74 Å². The van der Waals surface area contributed by atoms with Crippen molar-refractivity contribution in [3.63, 3.8) is 0 Å². The molecule has 1 saturated heterocycles. The van der Waals surface area contributed by atoms with E-state index in [1.54, 1.807) is 12.1 Å². The summed E-state index contributed by atoms with van der Waals surface area (Å²) in [7, 11) is 0. The van der Waals surface area contributed by atoms with E-state index in [-0.39, 0.29) is 16.1 Å². The maximum Gasteiger partial charge on any atom is 0.282 e. The summed E-state index contributed by atoms with van der Waals surface area (Å²) >= 11 is 1.99. The van der Waals surface area contributed by atoms with Gasteiger partial charge in [-0.2, -0.15) is 0 Å². The van der Waals surface area contributed by atoms with Crippen LogP contribution in [0, 0.1) is 13.7 Å². The summed E-state index contributed by atoms with van der Waals surface area (Å²) in [6.07, 6.45) is 2.08. The molecule has 1 unspecified atom stereocenters. The second-order valence-corrected chi connectivity index (χ2v) is 5.93. The van der Waals surface area contributed by atoms with Crippen molar-refractivity contribution in [1.82, 2.24) is 0 Å². The number of nitro groups is 1. The summed E-state index contributed by atoms with van der Waals surface area (Å²) in [5.74, 6) is 0. The Balaban J connectivity index is 2.14. The highest BCUT2D eigenvalue weighted by Crippen LogP contribution is 2.28. The first-order chi connectivity index (χ1) is 8.50. The van der Waals surface area contributed by atoms with Gasteiger partial charge in [-0.25, -0.2) is 0 Å². The third-order valence-electron chi connectivity index (χ3n) is 3.03. The summed E-state index contributed by atoms with van der Waals surface area (Å²) in [6, 6.07) is 5.09. The Kier molecular flexibility index (Phi) is 4.06. The predicted molar refractivity (Wildman–Crippen MR) is 77.9 cm³/mol. The van der Waals surface area contributed by atoms with Crippen LogP contribution < -0.4 is 5.32 Å². The minimum atomic E-state index is -0.364. The average molecular weight is 362 g/mol. The Labute approximate surface area is 119 Å². The third-order valence-corrected chi connectivity index (χ3v) is 3.89. The summed E-state index contributed by atoms with van der Waals surface area (Å²) in [4.78, 5) is 10.4. The van der Waals surface area contributed by atoms with Gasteiger partial charge >= 0.3 is 0 Å². The molecule has 1 aliphatic heterocycles. The number of benzene rings is 1. The number of hydrogen-bond donors (Lipinski definition) is 1. The van der Waals surface area contributed by atoms with E-state index in [0.29, 0.717) is 10.2 Å². The minimum Gasteiger partial charge on any atom is -0.379 e. The highest BCUT2D eigenvalue weighted by molar-refractivity contribution is 14.1. The zero-order valence-corrected chi connectivity index (χ0v) is 12.3. The zero-order valence-electron chi connectivity index (χ0n) is 10.1. The lowest BCUT2D eigenvalue weighted by atomic mass is 9.94. The van der Waals surface area contributed by atoms with Crippen molar-refractivity contribution in [2.24, 2.45) is 0 Å². The molecule has 18 heavy (non-hydrogen) atoms. The molecule has 5 nitrogen and oxygen atoms in total. The molecule has 1 aliphatic rings. The van der Waals surface area contributed by atoms with Crippen molar-refractivity contribution in [3.05, 3.63) is 31.9 Å². The van der Waals surface area contributed by atoms with Gasteiger partial charge in [0.15, 0.2) is 0 Å². The number of rotatable bonds is 3. The second kappa shape index (κ2) is 5.40. The minimum absolute atomic E-state index is 0.0859. The number of nitro benzene ring substituents is 1. The van der Waals surface area contributed by atoms with Gasteiger partial charge in [-0.15, -0.1) is 0 Å². The molecule has 0 bridgehead atoms. The van der Waals surface area contributed by atoms with Gasteiger partial charge in [0.25, 0.3) is 5.69 Å². The Hall–Kier alpha value is -0.890. The second-order valence-electron chi connectivity index (χ2n) is 4.77. The lowest BCUT2D eigenvalue weighted by molar-refractivity contribution is -0.385. The molecule has 0 aromatic heterocycles. The first kappa shape index (κ1) is 13.5. The first-order valence-electron chi connectivity index (χ1n) is 5.80. The fraction of sp³-hybridized carbons (Fsp3) is 0.500. The standard InChI is InChI=1S/C12H15IN2O3/c1-12(5-2-6-18-8-12)14-9-3-4-11(15(16)17)10(13)7-9/h3-4,7,14H,2,5-6,8H2,1H3. The van der Waals surface area contributed by atoms with E-state index < -0.39 is 0 Å². The molecule has 1 atom stereocenters. The number of nitrogens with zero attached hydrogens (tertiary/aromatic N) is 1. The average Bonchev–Trinajstić information content (AvgIpc) is 2.28. The van der Waals surface area contributed by atoms with Crippen molar-refractivity contribution in [2.45, 2.75) is 25.3 Å². The molecule has 1 aromatic carbocycles. The van der Waals surface area contributed by atoms with Crippen molar-refractivity contribution in [2.75, 3.05) is 18.5 Å². The van der Waals surface area contributed by atoms with E-state index in [4.69, 9.17) is 4.74 Å². The Morgan fingerprint density at radius 3 is 2.89 bits per heavy atom. The molecular weight excluding hydrogens is 347 g/mol. The Morgan fingerprint density at radius 2 is 2.33 bits per heavy atom. The first-order valence-corrected chi connectivity index (χ1v) is 6.88. The van der Waals surface area contributed by atoms with E-state index in [0.717, 1.165) is 25.1 Å². The van der Waals surface area contributed by atoms with E-state index in [2.05, 4.69) is 12.2 Å². The number of ether oxygens (including phenoxy) is 1. The number of halogens is 1. The predicted octanol–water partition coefficient (Wildman–Crippen LogP) is 3.18. The molecule has 0 saturated carbocycles. The molecular formula is C12H15IN2O3. The van der Waals surface area contributed by atoms with E-state index in [1.165, 1.54) is 6.07 Å². The van der Waals surface area contributed by atoms with Crippen LogP contribution in [0.4, 0.5) is 11.4 Å². The molecule has 1 N–H and O–H groups in total. The van der Waals surface area contributed by atoms with Crippen molar-refractivity contribution in [3.8, 4) is 0 Å². The van der Waals surface area contributed by atoms with Crippen LogP contribution in [0.2, 0.25) is 0 Å². The largest absolute Gasteiger partial charge is 0.379 e. The molecule has 0 spiro atoms. The van der Waals surface area contributed by atoms with E-state index in [1.807, 2.05) is 22.6 Å². The fourth-order valence-corrected chi connectivity index (χ4v) is 2.83.